The highest BCUT2D eigenvalue weighted by Crippen LogP contribution is 2.13. The molecule has 6 heteroatoms. The lowest BCUT2D eigenvalue weighted by Gasteiger charge is -2.30. The van der Waals surface area contributed by atoms with Gasteiger partial charge in [-0.3, -0.25) is 4.79 Å². The average Bonchev–Trinajstić information content (AvgIpc) is 2.67. The number of hydrogen-bond acceptors (Lipinski definition) is 2. The predicted octanol–water partition coefficient (Wildman–Crippen LogP) is 3.94. The molecule has 5 nitrogen and oxygen atoms in total. The summed E-state index contributed by atoms with van der Waals surface area (Å²) in [5.74, 6) is 0.859. The number of benzene rings is 1. The van der Waals surface area contributed by atoms with Gasteiger partial charge < -0.3 is 14.8 Å². The minimum atomic E-state index is 0. The van der Waals surface area contributed by atoms with Crippen LogP contribution in [0.2, 0.25) is 0 Å². The summed E-state index contributed by atoms with van der Waals surface area (Å²) in [6, 6.07) is 13.9. The first kappa shape index (κ1) is 20.5. The lowest BCUT2D eigenvalue weighted by molar-refractivity contribution is 0.340. The Bertz CT molecular complexity index is 767. The Kier molecular flexibility index (Phi) is 8.15. The number of rotatable bonds is 4. The van der Waals surface area contributed by atoms with Gasteiger partial charge in [-0.15, -0.1) is 24.0 Å². The van der Waals surface area contributed by atoms with Crippen molar-refractivity contribution in [2.75, 3.05) is 18.4 Å². The highest BCUT2D eigenvalue weighted by Gasteiger charge is 2.15. The highest BCUT2D eigenvalue weighted by atomic mass is 127. The molecule has 0 aliphatic carbocycles. The second-order valence-corrected chi connectivity index (χ2v) is 6.30. The van der Waals surface area contributed by atoms with E-state index >= 15 is 0 Å². The third kappa shape index (κ3) is 5.33. The summed E-state index contributed by atoms with van der Waals surface area (Å²) >= 11 is 0. The largest absolute Gasteiger partial charge is 0.343 e. The molecular weight excluding hydrogens is 439 g/mol. The second-order valence-electron chi connectivity index (χ2n) is 6.30. The molecule has 1 fully saturated rings. The molecule has 1 N–H and O–H groups in total. The molecule has 1 saturated heterocycles. The maximum absolute atomic E-state index is 12.4. The SMILES string of the molecule is CCn1cccc(CN=C(Nc2ccccc2)N2CCCCC2)c1=O.I. The van der Waals surface area contributed by atoms with Crippen molar-refractivity contribution in [2.45, 2.75) is 39.3 Å². The van der Waals surface area contributed by atoms with E-state index in [2.05, 4.69) is 10.2 Å². The quantitative estimate of drug-likeness (QED) is 0.422. The second kappa shape index (κ2) is 10.4. The Morgan fingerprint density at radius 3 is 2.50 bits per heavy atom. The zero-order valence-electron chi connectivity index (χ0n) is 15.2. The van der Waals surface area contributed by atoms with Crippen LogP contribution in [-0.2, 0) is 13.1 Å². The van der Waals surface area contributed by atoms with Crippen LogP contribution in [0.4, 0.5) is 5.69 Å². The number of likely N-dealkylation sites (tertiary alicyclic amines) is 1. The fourth-order valence-corrected chi connectivity index (χ4v) is 3.09. The number of anilines is 1. The molecule has 1 aromatic heterocycles. The van der Waals surface area contributed by atoms with Crippen molar-refractivity contribution >= 4 is 35.6 Å². The molecule has 0 amide bonds. The summed E-state index contributed by atoms with van der Waals surface area (Å²) in [5.41, 5.74) is 1.80. The third-order valence-corrected chi connectivity index (χ3v) is 4.52. The van der Waals surface area contributed by atoms with Gasteiger partial charge in [0.15, 0.2) is 5.96 Å². The number of piperidine rings is 1. The molecule has 0 radical (unpaired) electrons. The number of para-hydroxylation sites is 1. The first-order chi connectivity index (χ1) is 12.3. The molecule has 3 rings (SSSR count). The van der Waals surface area contributed by atoms with Gasteiger partial charge in [-0.2, -0.15) is 0 Å². The maximum Gasteiger partial charge on any atom is 0.255 e. The number of hydrogen-bond donors (Lipinski definition) is 1. The van der Waals surface area contributed by atoms with E-state index in [1.807, 2.05) is 55.6 Å². The van der Waals surface area contributed by atoms with E-state index in [0.717, 1.165) is 30.3 Å². The molecule has 2 heterocycles. The summed E-state index contributed by atoms with van der Waals surface area (Å²) in [5, 5.41) is 3.43. The van der Waals surface area contributed by atoms with Gasteiger partial charge in [0.05, 0.1) is 6.54 Å². The zero-order valence-corrected chi connectivity index (χ0v) is 17.6. The molecule has 1 aliphatic heterocycles. The first-order valence-electron chi connectivity index (χ1n) is 9.07. The molecule has 0 unspecified atom stereocenters. The van der Waals surface area contributed by atoms with Crippen LogP contribution in [0, 0.1) is 0 Å². The van der Waals surface area contributed by atoms with Crippen molar-refractivity contribution in [3.63, 3.8) is 0 Å². The van der Waals surface area contributed by atoms with Gasteiger partial charge in [0, 0.05) is 37.1 Å². The Balaban J connectivity index is 0.00000243. The van der Waals surface area contributed by atoms with Crippen LogP contribution < -0.4 is 10.9 Å². The van der Waals surface area contributed by atoms with Crippen molar-refractivity contribution in [3.05, 3.63) is 64.6 Å². The van der Waals surface area contributed by atoms with E-state index in [1.165, 1.54) is 19.3 Å². The summed E-state index contributed by atoms with van der Waals surface area (Å²) in [6.07, 6.45) is 5.46. The van der Waals surface area contributed by atoms with E-state index in [-0.39, 0.29) is 29.5 Å². The summed E-state index contributed by atoms with van der Waals surface area (Å²) < 4.78 is 1.72. The van der Waals surface area contributed by atoms with Crippen LogP contribution in [-0.4, -0.2) is 28.5 Å². The Morgan fingerprint density at radius 1 is 1.08 bits per heavy atom. The number of aliphatic imine (C=N–C) groups is 1. The van der Waals surface area contributed by atoms with Crippen LogP contribution in [0.3, 0.4) is 0 Å². The fourth-order valence-electron chi connectivity index (χ4n) is 3.09. The fraction of sp³-hybridized carbons (Fsp3) is 0.400. The lowest BCUT2D eigenvalue weighted by atomic mass is 10.1. The summed E-state index contributed by atoms with van der Waals surface area (Å²) in [7, 11) is 0. The minimum absolute atomic E-state index is 0. The van der Waals surface area contributed by atoms with E-state index in [4.69, 9.17) is 4.99 Å². The number of guanidine groups is 1. The van der Waals surface area contributed by atoms with Gasteiger partial charge in [-0.05, 0) is 44.4 Å². The van der Waals surface area contributed by atoms with Crippen molar-refractivity contribution in [1.82, 2.24) is 9.47 Å². The molecule has 0 spiro atoms. The monoisotopic (exact) mass is 466 g/mol. The molecule has 1 aliphatic rings. The lowest BCUT2D eigenvalue weighted by Crippen LogP contribution is -2.40. The van der Waals surface area contributed by atoms with Crippen LogP contribution in [0.1, 0.15) is 31.7 Å². The molecule has 1 aromatic carbocycles. The molecule has 0 bridgehead atoms. The number of aryl methyl sites for hydroxylation is 1. The predicted molar refractivity (Wildman–Crippen MR) is 118 cm³/mol. The van der Waals surface area contributed by atoms with Gasteiger partial charge in [0.2, 0.25) is 0 Å². The molecular formula is C20H27IN4O. The van der Waals surface area contributed by atoms with Crippen molar-refractivity contribution in [2.24, 2.45) is 4.99 Å². The van der Waals surface area contributed by atoms with Crippen molar-refractivity contribution < 1.29 is 0 Å². The smallest absolute Gasteiger partial charge is 0.255 e. The van der Waals surface area contributed by atoms with Gasteiger partial charge in [-0.25, -0.2) is 4.99 Å². The van der Waals surface area contributed by atoms with Crippen molar-refractivity contribution in [1.29, 1.82) is 0 Å². The van der Waals surface area contributed by atoms with Crippen LogP contribution in [0.5, 0.6) is 0 Å². The minimum Gasteiger partial charge on any atom is -0.343 e. The topological polar surface area (TPSA) is 49.6 Å². The van der Waals surface area contributed by atoms with Crippen LogP contribution in [0.15, 0.2) is 58.4 Å². The van der Waals surface area contributed by atoms with Gasteiger partial charge in [0.1, 0.15) is 0 Å². The van der Waals surface area contributed by atoms with E-state index < -0.39 is 0 Å². The van der Waals surface area contributed by atoms with Gasteiger partial charge in [-0.1, -0.05) is 24.3 Å². The van der Waals surface area contributed by atoms with E-state index in [9.17, 15) is 4.79 Å². The number of nitrogens with zero attached hydrogens (tertiary/aromatic N) is 3. The van der Waals surface area contributed by atoms with Gasteiger partial charge >= 0.3 is 0 Å². The Labute approximate surface area is 172 Å². The number of halogens is 1. The molecule has 0 atom stereocenters. The third-order valence-electron chi connectivity index (χ3n) is 4.52. The van der Waals surface area contributed by atoms with E-state index in [1.54, 1.807) is 4.57 Å². The number of aromatic nitrogens is 1. The molecule has 26 heavy (non-hydrogen) atoms. The number of nitrogens with one attached hydrogen (secondary N) is 1. The first-order valence-corrected chi connectivity index (χ1v) is 9.07. The summed E-state index contributed by atoms with van der Waals surface area (Å²) in [6.45, 7) is 5.06. The molecule has 0 saturated carbocycles. The molecule has 2 aromatic rings. The van der Waals surface area contributed by atoms with Gasteiger partial charge in [0.25, 0.3) is 5.56 Å². The number of pyridine rings is 1. The normalized spacial score (nSPS) is 14.7. The maximum atomic E-state index is 12.4. The molecule has 140 valence electrons. The van der Waals surface area contributed by atoms with Crippen LogP contribution in [0.25, 0.3) is 0 Å². The van der Waals surface area contributed by atoms with Crippen molar-refractivity contribution in [3.8, 4) is 0 Å². The Hall–Kier alpha value is -1.83. The standard InChI is InChI=1S/C20H26N4O.HI/c1-2-23-15-9-10-17(19(23)25)16-21-20(24-13-7-4-8-14-24)22-18-11-5-3-6-12-18;/h3,5-6,9-12,15H,2,4,7-8,13-14,16H2,1H3,(H,21,22);1H. The highest BCUT2D eigenvalue weighted by molar-refractivity contribution is 14.0. The zero-order chi connectivity index (χ0) is 17.5. The Morgan fingerprint density at radius 2 is 1.81 bits per heavy atom. The average molecular weight is 466 g/mol. The summed E-state index contributed by atoms with van der Waals surface area (Å²) in [4.78, 5) is 19.5. The van der Waals surface area contributed by atoms with E-state index in [0.29, 0.717) is 13.1 Å². The van der Waals surface area contributed by atoms with Crippen LogP contribution >= 0.6 is 24.0 Å².